The van der Waals surface area contributed by atoms with E-state index in [-0.39, 0.29) is 11.8 Å². The molecule has 0 unspecified atom stereocenters. The summed E-state index contributed by atoms with van der Waals surface area (Å²) >= 11 is 3.35. The van der Waals surface area contributed by atoms with E-state index in [1.807, 2.05) is 36.4 Å². The third-order valence-corrected chi connectivity index (χ3v) is 4.12. The van der Waals surface area contributed by atoms with E-state index in [2.05, 4.69) is 21.2 Å². The quantitative estimate of drug-likeness (QED) is 0.906. The van der Waals surface area contributed by atoms with E-state index in [1.165, 1.54) is 0 Å². The first-order valence-electron chi connectivity index (χ1n) is 7.11. The topological polar surface area (TPSA) is 49.4 Å². The van der Waals surface area contributed by atoms with Gasteiger partial charge in [0.05, 0.1) is 0 Å². The average Bonchev–Trinajstić information content (AvgIpc) is 2.94. The van der Waals surface area contributed by atoms with Crippen LogP contribution in [-0.4, -0.2) is 18.4 Å². The maximum absolute atomic E-state index is 12.2. The Morgan fingerprint density at radius 1 is 1.14 bits per heavy atom. The van der Waals surface area contributed by atoms with E-state index in [9.17, 15) is 9.59 Å². The van der Waals surface area contributed by atoms with Crippen LogP contribution in [0.25, 0.3) is 0 Å². The number of halogens is 1. The second kappa shape index (κ2) is 6.32. The summed E-state index contributed by atoms with van der Waals surface area (Å²) in [6.07, 6.45) is 1.48. The molecular weight excluding hydrogens is 344 g/mol. The Morgan fingerprint density at radius 3 is 2.59 bits per heavy atom. The van der Waals surface area contributed by atoms with E-state index in [0.29, 0.717) is 17.7 Å². The number of benzene rings is 2. The van der Waals surface area contributed by atoms with Crippen LogP contribution in [0, 0.1) is 0 Å². The Balaban J connectivity index is 1.76. The van der Waals surface area contributed by atoms with Crippen LogP contribution in [0.15, 0.2) is 53.0 Å². The molecule has 5 heteroatoms. The Hall–Kier alpha value is -2.14. The Labute approximate surface area is 137 Å². The molecular formula is C17H15BrN2O2. The molecule has 1 fully saturated rings. The standard InChI is InChI=1S/C17H15BrN2O2/c18-13-8-6-12(7-9-13)17(22)19-14-3-1-4-15(11-14)20-10-2-5-16(20)21/h1,3-4,6-9,11H,2,5,10H2,(H,19,22). The van der Waals surface area contributed by atoms with Crippen LogP contribution in [0.3, 0.4) is 0 Å². The van der Waals surface area contributed by atoms with Gasteiger partial charge in [-0.05, 0) is 48.9 Å². The first kappa shape index (κ1) is 14.8. The summed E-state index contributed by atoms with van der Waals surface area (Å²) in [4.78, 5) is 25.8. The molecule has 3 rings (SSSR count). The molecule has 1 aliphatic rings. The molecule has 4 nitrogen and oxygen atoms in total. The molecule has 0 atom stereocenters. The highest BCUT2D eigenvalue weighted by Gasteiger charge is 2.21. The average molecular weight is 359 g/mol. The highest BCUT2D eigenvalue weighted by molar-refractivity contribution is 9.10. The van der Waals surface area contributed by atoms with Crippen molar-refractivity contribution in [2.45, 2.75) is 12.8 Å². The highest BCUT2D eigenvalue weighted by Crippen LogP contribution is 2.24. The molecule has 1 heterocycles. The molecule has 2 aromatic rings. The number of amides is 2. The molecule has 0 bridgehead atoms. The van der Waals surface area contributed by atoms with Crippen LogP contribution >= 0.6 is 15.9 Å². The summed E-state index contributed by atoms with van der Waals surface area (Å²) in [6.45, 7) is 0.739. The molecule has 0 spiro atoms. The highest BCUT2D eigenvalue weighted by atomic mass is 79.9. The predicted molar refractivity (Wildman–Crippen MR) is 90.1 cm³/mol. The lowest BCUT2D eigenvalue weighted by Gasteiger charge is -2.16. The molecule has 1 N–H and O–H groups in total. The van der Waals surface area contributed by atoms with Gasteiger partial charge < -0.3 is 10.2 Å². The zero-order valence-electron chi connectivity index (χ0n) is 11.9. The Kier molecular flexibility index (Phi) is 4.24. The molecule has 1 aliphatic heterocycles. The summed E-state index contributed by atoms with van der Waals surface area (Å²) in [5.41, 5.74) is 2.10. The van der Waals surface area contributed by atoms with Gasteiger partial charge in [0.1, 0.15) is 0 Å². The van der Waals surface area contributed by atoms with Gasteiger partial charge >= 0.3 is 0 Å². The van der Waals surface area contributed by atoms with Gasteiger partial charge in [0.25, 0.3) is 5.91 Å². The van der Waals surface area contributed by atoms with Gasteiger partial charge in [0, 0.05) is 34.4 Å². The molecule has 0 saturated carbocycles. The zero-order chi connectivity index (χ0) is 15.5. The van der Waals surface area contributed by atoms with E-state index in [0.717, 1.165) is 23.1 Å². The van der Waals surface area contributed by atoms with Crippen molar-refractivity contribution < 1.29 is 9.59 Å². The summed E-state index contributed by atoms with van der Waals surface area (Å²) in [7, 11) is 0. The van der Waals surface area contributed by atoms with Gasteiger partial charge in [0.2, 0.25) is 5.91 Å². The van der Waals surface area contributed by atoms with Crippen molar-refractivity contribution in [3.05, 3.63) is 58.6 Å². The number of hydrogen-bond donors (Lipinski definition) is 1. The minimum atomic E-state index is -0.169. The second-order valence-electron chi connectivity index (χ2n) is 5.16. The van der Waals surface area contributed by atoms with E-state index >= 15 is 0 Å². The van der Waals surface area contributed by atoms with Crippen LogP contribution in [-0.2, 0) is 4.79 Å². The number of carbonyl (C=O) groups is 2. The van der Waals surface area contributed by atoms with Crippen molar-refractivity contribution >= 4 is 39.1 Å². The van der Waals surface area contributed by atoms with Crippen LogP contribution in [0.5, 0.6) is 0 Å². The molecule has 0 radical (unpaired) electrons. The minimum Gasteiger partial charge on any atom is -0.322 e. The van der Waals surface area contributed by atoms with E-state index in [4.69, 9.17) is 0 Å². The van der Waals surface area contributed by atoms with Crippen LogP contribution < -0.4 is 10.2 Å². The monoisotopic (exact) mass is 358 g/mol. The number of anilines is 2. The van der Waals surface area contributed by atoms with Crippen molar-refractivity contribution in [2.75, 3.05) is 16.8 Å². The normalized spacial score (nSPS) is 14.2. The number of rotatable bonds is 3. The van der Waals surface area contributed by atoms with Gasteiger partial charge in [-0.2, -0.15) is 0 Å². The molecule has 2 aromatic carbocycles. The third kappa shape index (κ3) is 3.20. The smallest absolute Gasteiger partial charge is 0.255 e. The maximum Gasteiger partial charge on any atom is 0.255 e. The minimum absolute atomic E-state index is 0.136. The third-order valence-electron chi connectivity index (χ3n) is 3.60. The number of nitrogens with one attached hydrogen (secondary N) is 1. The Morgan fingerprint density at radius 2 is 1.91 bits per heavy atom. The first-order chi connectivity index (χ1) is 10.6. The SMILES string of the molecule is O=C(Nc1cccc(N2CCCC2=O)c1)c1ccc(Br)cc1. The fraction of sp³-hybridized carbons (Fsp3) is 0.176. The molecule has 0 aliphatic carbocycles. The molecule has 22 heavy (non-hydrogen) atoms. The van der Waals surface area contributed by atoms with E-state index < -0.39 is 0 Å². The number of hydrogen-bond acceptors (Lipinski definition) is 2. The second-order valence-corrected chi connectivity index (χ2v) is 6.08. The van der Waals surface area contributed by atoms with Gasteiger partial charge in [0.15, 0.2) is 0 Å². The number of nitrogens with zero attached hydrogens (tertiary/aromatic N) is 1. The largest absolute Gasteiger partial charge is 0.322 e. The lowest BCUT2D eigenvalue weighted by atomic mass is 10.2. The van der Waals surface area contributed by atoms with Gasteiger partial charge in [-0.15, -0.1) is 0 Å². The lowest BCUT2D eigenvalue weighted by Crippen LogP contribution is -2.23. The predicted octanol–water partition coefficient (Wildman–Crippen LogP) is 3.83. The summed E-state index contributed by atoms with van der Waals surface area (Å²) in [6, 6.07) is 14.6. The van der Waals surface area contributed by atoms with Crippen LogP contribution in [0.2, 0.25) is 0 Å². The first-order valence-corrected chi connectivity index (χ1v) is 7.90. The fourth-order valence-corrected chi connectivity index (χ4v) is 2.74. The van der Waals surface area contributed by atoms with Crippen LogP contribution in [0.1, 0.15) is 23.2 Å². The van der Waals surface area contributed by atoms with Gasteiger partial charge in [-0.1, -0.05) is 22.0 Å². The van der Waals surface area contributed by atoms with Crippen molar-refractivity contribution in [3.63, 3.8) is 0 Å². The van der Waals surface area contributed by atoms with Crippen molar-refractivity contribution in [1.82, 2.24) is 0 Å². The summed E-state index contributed by atoms with van der Waals surface area (Å²) in [5, 5.41) is 2.86. The van der Waals surface area contributed by atoms with E-state index in [1.54, 1.807) is 17.0 Å². The molecule has 0 aromatic heterocycles. The zero-order valence-corrected chi connectivity index (χ0v) is 13.5. The van der Waals surface area contributed by atoms with Crippen molar-refractivity contribution in [1.29, 1.82) is 0 Å². The van der Waals surface area contributed by atoms with Crippen molar-refractivity contribution in [2.24, 2.45) is 0 Å². The summed E-state index contributed by atoms with van der Waals surface area (Å²) < 4.78 is 0.929. The number of carbonyl (C=O) groups excluding carboxylic acids is 2. The summed E-state index contributed by atoms with van der Waals surface area (Å²) in [5.74, 6) is -0.0335. The lowest BCUT2D eigenvalue weighted by molar-refractivity contribution is -0.117. The maximum atomic E-state index is 12.2. The van der Waals surface area contributed by atoms with Gasteiger partial charge in [-0.25, -0.2) is 0 Å². The van der Waals surface area contributed by atoms with Gasteiger partial charge in [-0.3, -0.25) is 9.59 Å². The van der Waals surface area contributed by atoms with Crippen molar-refractivity contribution in [3.8, 4) is 0 Å². The molecule has 1 saturated heterocycles. The van der Waals surface area contributed by atoms with Crippen LogP contribution in [0.4, 0.5) is 11.4 Å². The molecule has 112 valence electrons. The fourth-order valence-electron chi connectivity index (χ4n) is 2.48. The molecule has 2 amide bonds. The Bertz CT molecular complexity index is 713.